The van der Waals surface area contributed by atoms with Crippen LogP contribution in [0.5, 0.6) is 0 Å². The lowest BCUT2D eigenvalue weighted by Gasteiger charge is -2.38. The monoisotopic (exact) mass is 414 g/mol. The van der Waals surface area contributed by atoms with Crippen LogP contribution in [0.1, 0.15) is 36.4 Å². The van der Waals surface area contributed by atoms with Crippen molar-refractivity contribution in [3.8, 4) is 0 Å². The molecule has 1 aliphatic heterocycles. The number of para-hydroxylation sites is 1. The number of hydrogen-bond donors (Lipinski definition) is 1. The highest BCUT2D eigenvalue weighted by molar-refractivity contribution is 6.07. The number of carbonyl (C=O) groups is 3. The van der Waals surface area contributed by atoms with Crippen LogP contribution in [0.25, 0.3) is 0 Å². The molecule has 1 N–H and O–H groups in total. The number of fused-ring (bicyclic) bond motifs is 1. The summed E-state index contributed by atoms with van der Waals surface area (Å²) in [5.41, 5.74) is 2.52. The molecule has 0 radical (unpaired) electrons. The highest BCUT2D eigenvalue weighted by Crippen LogP contribution is 2.51. The smallest absolute Gasteiger partial charge is 0.234 e. The molecule has 3 amide bonds. The SMILES string of the molecule is Cc1ccccc1NC(=O)C[C@H](c1ccccc1)N1C(=O)[C@@H]2[C@@H](C1=O)[C@H]1C=C[C@H]2CC1. The first-order chi connectivity index (χ1) is 15.0. The summed E-state index contributed by atoms with van der Waals surface area (Å²) in [5, 5.41) is 2.96. The Labute approximate surface area is 182 Å². The molecule has 3 aliphatic carbocycles. The third kappa shape index (κ3) is 3.38. The second-order valence-corrected chi connectivity index (χ2v) is 8.88. The van der Waals surface area contributed by atoms with Crippen LogP contribution in [0.3, 0.4) is 0 Å². The van der Waals surface area contributed by atoms with E-state index < -0.39 is 6.04 Å². The fraction of sp³-hybridized carbons (Fsp3) is 0.346. The molecule has 158 valence electrons. The van der Waals surface area contributed by atoms with E-state index in [0.717, 1.165) is 29.7 Å². The minimum Gasteiger partial charge on any atom is -0.326 e. The van der Waals surface area contributed by atoms with Crippen LogP contribution in [-0.2, 0) is 14.4 Å². The standard InChI is InChI=1S/C26H26N2O3/c1-16-7-5-6-10-20(16)27-22(29)15-21(17-8-3-2-4-9-17)28-25(30)23-18-11-12-19(14-13-18)24(23)26(28)31/h2-12,18-19,21,23-24H,13-15H2,1H3,(H,27,29)/t18-,19-,21+,23-,24-/m0/s1. The van der Waals surface area contributed by atoms with Gasteiger partial charge in [0.2, 0.25) is 17.7 Å². The first kappa shape index (κ1) is 19.7. The van der Waals surface area contributed by atoms with Gasteiger partial charge in [0.25, 0.3) is 0 Å². The molecule has 2 aromatic carbocycles. The molecule has 6 rings (SSSR count). The molecule has 1 heterocycles. The van der Waals surface area contributed by atoms with Crippen LogP contribution in [0.2, 0.25) is 0 Å². The van der Waals surface area contributed by atoms with Gasteiger partial charge in [-0.2, -0.15) is 0 Å². The van der Waals surface area contributed by atoms with Gasteiger partial charge in [-0.25, -0.2) is 0 Å². The summed E-state index contributed by atoms with van der Waals surface area (Å²) in [4.78, 5) is 41.4. The third-order valence-corrected chi connectivity index (χ3v) is 7.09. The maximum absolute atomic E-state index is 13.5. The number of anilines is 1. The summed E-state index contributed by atoms with van der Waals surface area (Å²) < 4.78 is 0. The van der Waals surface area contributed by atoms with Crippen LogP contribution >= 0.6 is 0 Å². The lowest BCUT2D eigenvalue weighted by molar-refractivity contribution is -0.143. The van der Waals surface area contributed by atoms with E-state index in [4.69, 9.17) is 0 Å². The Morgan fingerprint density at radius 2 is 1.52 bits per heavy atom. The molecule has 1 saturated heterocycles. The van der Waals surface area contributed by atoms with Gasteiger partial charge in [0.15, 0.2) is 0 Å². The fourth-order valence-electron chi connectivity index (χ4n) is 5.53. The fourth-order valence-corrected chi connectivity index (χ4v) is 5.53. The number of benzene rings is 2. The van der Waals surface area contributed by atoms with Crippen molar-refractivity contribution in [3.05, 3.63) is 77.9 Å². The van der Waals surface area contributed by atoms with Crippen molar-refractivity contribution in [1.82, 2.24) is 4.90 Å². The van der Waals surface area contributed by atoms with E-state index >= 15 is 0 Å². The molecule has 5 atom stereocenters. The summed E-state index contributed by atoms with van der Waals surface area (Å²) in [5.74, 6) is -0.732. The minimum absolute atomic E-state index is 0.0397. The molecule has 0 aromatic heterocycles. The number of allylic oxidation sites excluding steroid dienone is 2. The van der Waals surface area contributed by atoms with Crippen molar-refractivity contribution in [2.75, 3.05) is 5.32 Å². The van der Waals surface area contributed by atoms with Gasteiger partial charge < -0.3 is 5.32 Å². The predicted molar refractivity (Wildman–Crippen MR) is 118 cm³/mol. The molecule has 1 saturated carbocycles. The first-order valence-corrected chi connectivity index (χ1v) is 11.0. The van der Waals surface area contributed by atoms with Crippen molar-refractivity contribution in [2.45, 2.75) is 32.2 Å². The maximum atomic E-state index is 13.5. The number of carbonyl (C=O) groups excluding carboxylic acids is 3. The van der Waals surface area contributed by atoms with Crippen molar-refractivity contribution in [2.24, 2.45) is 23.7 Å². The van der Waals surface area contributed by atoms with Crippen LogP contribution < -0.4 is 5.32 Å². The van der Waals surface area contributed by atoms with Gasteiger partial charge in [0, 0.05) is 5.69 Å². The van der Waals surface area contributed by atoms with Gasteiger partial charge in [-0.15, -0.1) is 0 Å². The van der Waals surface area contributed by atoms with E-state index in [2.05, 4.69) is 17.5 Å². The van der Waals surface area contributed by atoms with Crippen LogP contribution in [-0.4, -0.2) is 22.6 Å². The molecule has 5 heteroatoms. The predicted octanol–water partition coefficient (Wildman–Crippen LogP) is 4.26. The summed E-state index contributed by atoms with van der Waals surface area (Å²) in [6.45, 7) is 1.94. The van der Waals surface area contributed by atoms with E-state index in [9.17, 15) is 14.4 Å². The number of amides is 3. The topological polar surface area (TPSA) is 66.5 Å². The molecule has 31 heavy (non-hydrogen) atoms. The number of hydrogen-bond acceptors (Lipinski definition) is 3. The van der Waals surface area contributed by atoms with E-state index in [1.807, 2.05) is 61.5 Å². The van der Waals surface area contributed by atoms with Crippen molar-refractivity contribution >= 4 is 23.4 Å². The van der Waals surface area contributed by atoms with Crippen LogP contribution in [0, 0.1) is 30.6 Å². The quantitative estimate of drug-likeness (QED) is 0.587. The highest BCUT2D eigenvalue weighted by Gasteiger charge is 2.58. The van der Waals surface area contributed by atoms with Gasteiger partial charge in [-0.05, 0) is 48.8 Å². The summed E-state index contributed by atoms with van der Waals surface area (Å²) in [6, 6.07) is 16.4. The molecule has 2 aromatic rings. The Hall–Kier alpha value is -3.21. The number of nitrogens with one attached hydrogen (secondary N) is 1. The van der Waals surface area contributed by atoms with Gasteiger partial charge in [0.05, 0.1) is 24.3 Å². The molecule has 4 aliphatic rings. The normalized spacial score (nSPS) is 27.3. The lowest BCUT2D eigenvalue weighted by Crippen LogP contribution is -2.38. The Kier molecular flexibility index (Phi) is 4.97. The van der Waals surface area contributed by atoms with E-state index in [-0.39, 0.29) is 47.8 Å². The van der Waals surface area contributed by atoms with E-state index in [1.165, 1.54) is 4.90 Å². The van der Waals surface area contributed by atoms with Crippen molar-refractivity contribution in [1.29, 1.82) is 0 Å². The molecule has 2 fully saturated rings. The second kappa shape index (κ2) is 7.80. The first-order valence-electron chi connectivity index (χ1n) is 11.0. The summed E-state index contributed by atoms with van der Waals surface area (Å²) >= 11 is 0. The zero-order valence-electron chi connectivity index (χ0n) is 17.5. The van der Waals surface area contributed by atoms with Gasteiger partial charge in [-0.3, -0.25) is 19.3 Å². The number of nitrogens with zero attached hydrogens (tertiary/aromatic N) is 1. The second-order valence-electron chi connectivity index (χ2n) is 8.88. The van der Waals surface area contributed by atoms with Crippen LogP contribution in [0.4, 0.5) is 5.69 Å². The molecular formula is C26H26N2O3. The number of likely N-dealkylation sites (tertiary alicyclic amines) is 1. The van der Waals surface area contributed by atoms with E-state index in [0.29, 0.717) is 0 Å². The Balaban J connectivity index is 1.45. The number of rotatable bonds is 5. The number of aryl methyl sites for hydroxylation is 1. The largest absolute Gasteiger partial charge is 0.326 e. The van der Waals surface area contributed by atoms with Crippen LogP contribution in [0.15, 0.2) is 66.7 Å². The van der Waals surface area contributed by atoms with Crippen molar-refractivity contribution in [3.63, 3.8) is 0 Å². The highest BCUT2D eigenvalue weighted by atomic mass is 16.2. The Morgan fingerprint density at radius 1 is 0.935 bits per heavy atom. The average molecular weight is 415 g/mol. The zero-order chi connectivity index (χ0) is 21.5. The summed E-state index contributed by atoms with van der Waals surface area (Å²) in [6.07, 6.45) is 6.19. The zero-order valence-corrected chi connectivity index (χ0v) is 17.5. The van der Waals surface area contributed by atoms with E-state index in [1.54, 1.807) is 0 Å². The lowest BCUT2D eigenvalue weighted by atomic mass is 9.63. The molecule has 0 spiro atoms. The average Bonchev–Trinajstić information content (AvgIpc) is 3.07. The van der Waals surface area contributed by atoms with Crippen molar-refractivity contribution < 1.29 is 14.4 Å². The maximum Gasteiger partial charge on any atom is 0.234 e. The van der Waals surface area contributed by atoms with Gasteiger partial charge in [-0.1, -0.05) is 60.7 Å². The minimum atomic E-state index is -0.602. The molecule has 2 bridgehead atoms. The van der Waals surface area contributed by atoms with Gasteiger partial charge >= 0.3 is 0 Å². The molecular weight excluding hydrogens is 388 g/mol. The third-order valence-electron chi connectivity index (χ3n) is 7.09. The Bertz CT molecular complexity index is 1030. The summed E-state index contributed by atoms with van der Waals surface area (Å²) in [7, 11) is 0. The van der Waals surface area contributed by atoms with Gasteiger partial charge in [0.1, 0.15) is 0 Å². The molecule has 0 unspecified atom stereocenters. The molecule has 5 nitrogen and oxygen atoms in total. The number of imide groups is 1. The Morgan fingerprint density at radius 3 is 2.10 bits per heavy atom.